The molecule has 0 aliphatic heterocycles. The highest BCUT2D eigenvalue weighted by Gasteiger charge is 2.13. The van der Waals surface area contributed by atoms with Gasteiger partial charge in [-0.05, 0) is 13.0 Å². The van der Waals surface area contributed by atoms with E-state index in [2.05, 4.69) is 9.97 Å². The van der Waals surface area contributed by atoms with Crippen molar-refractivity contribution < 1.29 is 8.81 Å². The minimum absolute atomic E-state index is 0.0685. The highest BCUT2D eigenvalue weighted by Crippen LogP contribution is 2.27. The number of aromatic amines is 1. The summed E-state index contributed by atoms with van der Waals surface area (Å²) in [4.78, 5) is 17.8. The van der Waals surface area contributed by atoms with Crippen LogP contribution in [0.3, 0.4) is 0 Å². The molecule has 0 fully saturated rings. The Morgan fingerprint density at radius 2 is 2.11 bits per heavy atom. The van der Waals surface area contributed by atoms with E-state index in [1.54, 1.807) is 0 Å². The van der Waals surface area contributed by atoms with Gasteiger partial charge in [0.25, 0.3) is 5.56 Å². The Morgan fingerprint density at radius 3 is 2.89 bits per heavy atom. The maximum atomic E-state index is 13.2. The molecule has 0 amide bonds. The molecule has 0 bridgehead atoms. The zero-order valence-corrected chi connectivity index (χ0v) is 9.53. The average Bonchev–Trinajstić information content (AvgIpc) is 2.79. The monoisotopic (exact) mass is 244 g/mol. The van der Waals surface area contributed by atoms with E-state index in [0.29, 0.717) is 17.0 Å². The Balaban J connectivity index is 2.30. The van der Waals surface area contributed by atoms with Gasteiger partial charge >= 0.3 is 0 Å². The number of para-hydroxylation sites is 1. The van der Waals surface area contributed by atoms with Gasteiger partial charge in [0.05, 0.1) is 11.3 Å². The molecule has 0 aliphatic rings. The number of rotatable bonds is 1. The number of halogens is 1. The summed E-state index contributed by atoms with van der Waals surface area (Å²) in [6.07, 6.45) is 1.50. The van der Waals surface area contributed by atoms with E-state index in [9.17, 15) is 9.18 Å². The van der Waals surface area contributed by atoms with Crippen molar-refractivity contribution in [2.24, 2.45) is 0 Å². The van der Waals surface area contributed by atoms with Crippen LogP contribution < -0.4 is 5.56 Å². The quantitative estimate of drug-likeness (QED) is 0.715. The number of benzene rings is 1. The number of aromatic nitrogens is 2. The molecule has 0 unspecified atom stereocenters. The summed E-state index contributed by atoms with van der Waals surface area (Å²) in [7, 11) is 0. The largest absolute Gasteiger partial charge is 0.464 e. The van der Waals surface area contributed by atoms with E-state index in [1.165, 1.54) is 13.2 Å². The fraction of sp³-hybridized carbons (Fsp3) is 0.0769. The SMILES string of the molecule is Cc1nc(-c2coc3ccccc23)[nH]c(=O)c1F. The maximum absolute atomic E-state index is 13.2. The summed E-state index contributed by atoms with van der Waals surface area (Å²) in [6, 6.07) is 7.37. The summed E-state index contributed by atoms with van der Waals surface area (Å²) >= 11 is 0. The molecule has 3 aromatic rings. The van der Waals surface area contributed by atoms with Gasteiger partial charge < -0.3 is 9.40 Å². The minimum atomic E-state index is -0.855. The third kappa shape index (κ3) is 1.52. The lowest BCUT2D eigenvalue weighted by Gasteiger charge is -2.00. The minimum Gasteiger partial charge on any atom is -0.464 e. The van der Waals surface area contributed by atoms with Gasteiger partial charge in [0.1, 0.15) is 17.7 Å². The van der Waals surface area contributed by atoms with Crippen LogP contribution in [0.15, 0.2) is 39.7 Å². The molecule has 0 radical (unpaired) electrons. The van der Waals surface area contributed by atoms with Crippen molar-refractivity contribution in [2.75, 3.05) is 0 Å². The van der Waals surface area contributed by atoms with Crippen LogP contribution in [0.2, 0.25) is 0 Å². The molecule has 1 aromatic carbocycles. The average molecular weight is 244 g/mol. The Morgan fingerprint density at radius 1 is 1.33 bits per heavy atom. The lowest BCUT2D eigenvalue weighted by Crippen LogP contribution is -2.15. The Kier molecular flexibility index (Phi) is 2.26. The van der Waals surface area contributed by atoms with Gasteiger partial charge in [0.2, 0.25) is 5.82 Å². The molecule has 2 aromatic heterocycles. The van der Waals surface area contributed by atoms with E-state index >= 15 is 0 Å². The van der Waals surface area contributed by atoms with Crippen molar-refractivity contribution in [3.63, 3.8) is 0 Å². The second-order valence-electron chi connectivity index (χ2n) is 3.96. The van der Waals surface area contributed by atoms with Crippen molar-refractivity contribution in [1.82, 2.24) is 9.97 Å². The van der Waals surface area contributed by atoms with Crippen LogP contribution in [0, 0.1) is 12.7 Å². The van der Waals surface area contributed by atoms with Crippen LogP contribution in [0.25, 0.3) is 22.4 Å². The maximum Gasteiger partial charge on any atom is 0.287 e. The molecule has 0 aliphatic carbocycles. The molecular formula is C13H9FN2O2. The van der Waals surface area contributed by atoms with Crippen LogP contribution in [0.5, 0.6) is 0 Å². The molecule has 0 saturated heterocycles. The molecule has 1 N–H and O–H groups in total. The first-order valence-electron chi connectivity index (χ1n) is 5.40. The number of nitrogens with zero attached hydrogens (tertiary/aromatic N) is 1. The highest BCUT2D eigenvalue weighted by molar-refractivity contribution is 5.91. The molecule has 4 nitrogen and oxygen atoms in total. The predicted molar refractivity (Wildman–Crippen MR) is 64.8 cm³/mol. The van der Waals surface area contributed by atoms with Gasteiger partial charge in [0, 0.05) is 5.39 Å². The van der Waals surface area contributed by atoms with Gasteiger partial charge in [-0.1, -0.05) is 18.2 Å². The second-order valence-corrected chi connectivity index (χ2v) is 3.96. The zero-order chi connectivity index (χ0) is 12.7. The number of hydrogen-bond acceptors (Lipinski definition) is 3. The van der Waals surface area contributed by atoms with Crippen molar-refractivity contribution in [3.05, 3.63) is 52.4 Å². The lowest BCUT2D eigenvalue weighted by molar-refractivity contribution is 0.588. The number of furan rings is 1. The first-order chi connectivity index (χ1) is 8.66. The topological polar surface area (TPSA) is 58.9 Å². The number of nitrogens with one attached hydrogen (secondary N) is 1. The Labute approximate surface area is 101 Å². The van der Waals surface area contributed by atoms with Gasteiger partial charge in [0.15, 0.2) is 0 Å². The zero-order valence-electron chi connectivity index (χ0n) is 9.53. The van der Waals surface area contributed by atoms with Gasteiger partial charge in [-0.25, -0.2) is 4.98 Å². The number of fused-ring (bicyclic) bond motifs is 1. The van der Waals surface area contributed by atoms with Crippen molar-refractivity contribution in [3.8, 4) is 11.4 Å². The van der Waals surface area contributed by atoms with Crippen LogP contribution in [-0.2, 0) is 0 Å². The van der Waals surface area contributed by atoms with Crippen LogP contribution in [0.4, 0.5) is 4.39 Å². The smallest absolute Gasteiger partial charge is 0.287 e. The summed E-state index contributed by atoms with van der Waals surface area (Å²) in [6.45, 7) is 1.45. The van der Waals surface area contributed by atoms with Crippen molar-refractivity contribution in [2.45, 2.75) is 6.92 Å². The van der Waals surface area contributed by atoms with E-state index in [1.807, 2.05) is 24.3 Å². The van der Waals surface area contributed by atoms with E-state index < -0.39 is 11.4 Å². The molecule has 3 rings (SSSR count). The van der Waals surface area contributed by atoms with E-state index in [4.69, 9.17) is 4.42 Å². The molecule has 0 spiro atoms. The fourth-order valence-electron chi connectivity index (χ4n) is 1.86. The molecule has 0 saturated carbocycles. The Bertz CT molecular complexity index is 789. The molecule has 5 heteroatoms. The fourth-order valence-corrected chi connectivity index (χ4v) is 1.86. The highest BCUT2D eigenvalue weighted by atomic mass is 19.1. The second kappa shape index (κ2) is 3.80. The Hall–Kier alpha value is -2.43. The summed E-state index contributed by atoms with van der Waals surface area (Å²) in [5, 5.41) is 0.826. The summed E-state index contributed by atoms with van der Waals surface area (Å²) < 4.78 is 18.6. The molecule has 0 atom stereocenters. The normalized spacial score (nSPS) is 11.0. The molecule has 18 heavy (non-hydrogen) atoms. The number of aryl methyl sites for hydroxylation is 1. The summed E-state index contributed by atoms with van der Waals surface area (Å²) in [5.74, 6) is -0.546. The molecule has 90 valence electrons. The van der Waals surface area contributed by atoms with Gasteiger partial charge in [-0.15, -0.1) is 0 Å². The van der Waals surface area contributed by atoms with Gasteiger partial charge in [-0.3, -0.25) is 4.79 Å². The molecule has 2 heterocycles. The van der Waals surface area contributed by atoms with Gasteiger partial charge in [-0.2, -0.15) is 4.39 Å². The van der Waals surface area contributed by atoms with E-state index in [-0.39, 0.29) is 5.69 Å². The van der Waals surface area contributed by atoms with Crippen LogP contribution in [0.1, 0.15) is 5.69 Å². The van der Waals surface area contributed by atoms with Crippen molar-refractivity contribution in [1.29, 1.82) is 0 Å². The summed E-state index contributed by atoms with van der Waals surface area (Å²) in [5.41, 5.74) is 0.629. The van der Waals surface area contributed by atoms with E-state index in [0.717, 1.165) is 5.39 Å². The standard InChI is InChI=1S/C13H9FN2O2/c1-7-11(14)13(17)16-12(15-7)9-6-18-10-5-3-2-4-8(9)10/h2-6H,1H3,(H,15,16,17). The van der Waals surface area contributed by atoms with Crippen LogP contribution >= 0.6 is 0 Å². The first-order valence-corrected chi connectivity index (χ1v) is 5.40. The number of H-pyrrole nitrogens is 1. The third-order valence-electron chi connectivity index (χ3n) is 2.76. The molecular weight excluding hydrogens is 235 g/mol. The van der Waals surface area contributed by atoms with Crippen LogP contribution in [-0.4, -0.2) is 9.97 Å². The third-order valence-corrected chi connectivity index (χ3v) is 2.76. The predicted octanol–water partition coefficient (Wildman–Crippen LogP) is 2.63. The van der Waals surface area contributed by atoms with Crippen molar-refractivity contribution >= 4 is 11.0 Å². The lowest BCUT2D eigenvalue weighted by atomic mass is 10.1. The first kappa shape index (κ1) is 10.7. The number of hydrogen-bond donors (Lipinski definition) is 1.